The number of nitrogens with zero attached hydrogens (tertiary/aromatic N) is 2. The summed E-state index contributed by atoms with van der Waals surface area (Å²) in [4.78, 5) is 2.50. The minimum absolute atomic E-state index is 0.0165. The minimum Gasteiger partial charge on any atom is -0.304 e. The molecule has 1 aliphatic heterocycles. The lowest BCUT2D eigenvalue weighted by Crippen LogP contribution is -2.43. The number of nitrogens with one attached hydrogen (secondary N) is 1. The molecular formula is C12H23N3. The number of hydrogen-bond donors (Lipinski definition) is 1. The van der Waals surface area contributed by atoms with Gasteiger partial charge >= 0.3 is 0 Å². The molecule has 0 aromatic heterocycles. The zero-order valence-electron chi connectivity index (χ0n) is 10.00. The maximum atomic E-state index is 8.95. The maximum Gasteiger partial charge on any atom is 0.108 e. The molecule has 1 N–H and O–H groups in total. The Kier molecular flexibility index (Phi) is 5.67. The normalized spacial score (nSPS) is 25.5. The Hall–Kier alpha value is -0.590. The Bertz CT molecular complexity index is 209. The van der Waals surface area contributed by atoms with Gasteiger partial charge in [0.05, 0.1) is 6.07 Å². The molecule has 3 nitrogen and oxygen atoms in total. The Morgan fingerprint density at radius 1 is 1.47 bits per heavy atom. The van der Waals surface area contributed by atoms with Gasteiger partial charge in [-0.3, -0.25) is 4.90 Å². The number of rotatable bonds is 4. The molecule has 86 valence electrons. The van der Waals surface area contributed by atoms with Gasteiger partial charge in [-0.25, -0.2) is 0 Å². The fraction of sp³-hybridized carbons (Fsp3) is 0.917. The van der Waals surface area contributed by atoms with Gasteiger partial charge in [0, 0.05) is 12.6 Å². The van der Waals surface area contributed by atoms with E-state index >= 15 is 0 Å². The first-order valence-corrected chi connectivity index (χ1v) is 6.12. The van der Waals surface area contributed by atoms with Crippen molar-refractivity contribution in [3.8, 4) is 6.07 Å². The molecule has 2 atom stereocenters. The Balaban J connectivity index is 2.51. The number of hydrogen-bond acceptors (Lipinski definition) is 3. The van der Waals surface area contributed by atoms with E-state index in [1.807, 2.05) is 7.05 Å². The lowest BCUT2D eigenvalue weighted by Gasteiger charge is -2.30. The van der Waals surface area contributed by atoms with Crippen LogP contribution in [-0.4, -0.2) is 37.1 Å². The topological polar surface area (TPSA) is 39.1 Å². The summed E-state index contributed by atoms with van der Waals surface area (Å²) in [5.41, 5.74) is 0. The summed E-state index contributed by atoms with van der Waals surface area (Å²) >= 11 is 0. The maximum absolute atomic E-state index is 8.95. The SMILES string of the molecule is CCC1CCCCCN1CC(C#N)NC. The number of nitriles is 1. The lowest BCUT2D eigenvalue weighted by molar-refractivity contribution is 0.186. The van der Waals surface area contributed by atoms with Crippen LogP contribution in [0.2, 0.25) is 0 Å². The quantitative estimate of drug-likeness (QED) is 0.766. The summed E-state index contributed by atoms with van der Waals surface area (Å²) in [6.45, 7) is 4.30. The van der Waals surface area contributed by atoms with Crippen molar-refractivity contribution >= 4 is 0 Å². The first-order chi connectivity index (χ1) is 7.31. The molecule has 0 spiro atoms. The van der Waals surface area contributed by atoms with Crippen LogP contribution in [-0.2, 0) is 0 Å². The fourth-order valence-electron chi connectivity index (χ4n) is 2.37. The van der Waals surface area contributed by atoms with Crippen molar-refractivity contribution in [1.82, 2.24) is 10.2 Å². The van der Waals surface area contributed by atoms with Gasteiger partial charge in [0.15, 0.2) is 0 Å². The van der Waals surface area contributed by atoms with Crippen LogP contribution in [0.1, 0.15) is 39.0 Å². The fourth-order valence-corrected chi connectivity index (χ4v) is 2.37. The van der Waals surface area contributed by atoms with E-state index in [0.717, 1.165) is 6.54 Å². The van der Waals surface area contributed by atoms with Crippen molar-refractivity contribution in [2.75, 3.05) is 20.1 Å². The average molecular weight is 209 g/mol. The monoisotopic (exact) mass is 209 g/mol. The molecule has 1 heterocycles. The lowest BCUT2D eigenvalue weighted by atomic mass is 10.1. The zero-order chi connectivity index (χ0) is 11.1. The Labute approximate surface area is 93.5 Å². The molecule has 0 aliphatic carbocycles. The standard InChI is InChI=1S/C12H23N3/c1-3-12-7-5-4-6-8-15(12)10-11(9-13)14-2/h11-12,14H,3-8,10H2,1-2H3. The first-order valence-electron chi connectivity index (χ1n) is 6.12. The molecule has 0 aromatic rings. The summed E-state index contributed by atoms with van der Waals surface area (Å²) in [5.74, 6) is 0. The molecule has 0 radical (unpaired) electrons. The molecule has 1 saturated heterocycles. The Morgan fingerprint density at radius 2 is 2.27 bits per heavy atom. The van der Waals surface area contributed by atoms with Crippen molar-refractivity contribution in [3.63, 3.8) is 0 Å². The van der Waals surface area contributed by atoms with Gasteiger partial charge in [0.2, 0.25) is 0 Å². The largest absolute Gasteiger partial charge is 0.304 e. The summed E-state index contributed by atoms with van der Waals surface area (Å²) in [6.07, 6.45) is 6.51. The second kappa shape index (κ2) is 6.81. The molecule has 0 bridgehead atoms. The van der Waals surface area contributed by atoms with Gasteiger partial charge in [0.1, 0.15) is 6.04 Å². The predicted octanol–water partition coefficient (Wildman–Crippen LogP) is 1.75. The van der Waals surface area contributed by atoms with Crippen LogP contribution in [0, 0.1) is 11.3 Å². The van der Waals surface area contributed by atoms with E-state index in [4.69, 9.17) is 5.26 Å². The minimum atomic E-state index is -0.0165. The molecular weight excluding hydrogens is 186 g/mol. The zero-order valence-corrected chi connectivity index (χ0v) is 10.00. The third-order valence-corrected chi connectivity index (χ3v) is 3.39. The highest BCUT2D eigenvalue weighted by Gasteiger charge is 2.21. The first kappa shape index (κ1) is 12.5. The summed E-state index contributed by atoms with van der Waals surface area (Å²) in [7, 11) is 1.87. The van der Waals surface area contributed by atoms with Crippen LogP contribution in [0.4, 0.5) is 0 Å². The summed E-state index contributed by atoms with van der Waals surface area (Å²) in [6, 6.07) is 2.99. The van der Waals surface area contributed by atoms with Gasteiger partial charge in [-0.2, -0.15) is 5.26 Å². The van der Waals surface area contributed by atoms with Crippen LogP contribution in [0.5, 0.6) is 0 Å². The van der Waals surface area contributed by atoms with E-state index in [0.29, 0.717) is 6.04 Å². The summed E-state index contributed by atoms with van der Waals surface area (Å²) < 4.78 is 0. The molecule has 0 saturated carbocycles. The van der Waals surface area contributed by atoms with Crippen molar-refractivity contribution < 1.29 is 0 Å². The van der Waals surface area contributed by atoms with Crippen LogP contribution >= 0.6 is 0 Å². The molecule has 1 fully saturated rings. The van der Waals surface area contributed by atoms with Crippen LogP contribution in [0.15, 0.2) is 0 Å². The van der Waals surface area contributed by atoms with Crippen molar-refractivity contribution in [2.45, 2.75) is 51.1 Å². The molecule has 0 aromatic carbocycles. The third-order valence-electron chi connectivity index (χ3n) is 3.39. The highest BCUT2D eigenvalue weighted by Crippen LogP contribution is 2.19. The van der Waals surface area contributed by atoms with E-state index in [1.165, 1.54) is 38.6 Å². The van der Waals surface area contributed by atoms with Crippen molar-refractivity contribution in [2.24, 2.45) is 0 Å². The van der Waals surface area contributed by atoms with Gasteiger partial charge in [0.25, 0.3) is 0 Å². The van der Waals surface area contributed by atoms with Crippen LogP contribution in [0.3, 0.4) is 0 Å². The van der Waals surface area contributed by atoms with E-state index in [-0.39, 0.29) is 6.04 Å². The van der Waals surface area contributed by atoms with Crippen molar-refractivity contribution in [1.29, 1.82) is 5.26 Å². The van der Waals surface area contributed by atoms with E-state index in [9.17, 15) is 0 Å². The second-order valence-corrected chi connectivity index (χ2v) is 4.38. The van der Waals surface area contributed by atoms with E-state index < -0.39 is 0 Å². The molecule has 1 rings (SSSR count). The molecule has 15 heavy (non-hydrogen) atoms. The number of likely N-dealkylation sites (N-methyl/N-ethyl adjacent to an activating group) is 1. The van der Waals surface area contributed by atoms with Crippen molar-refractivity contribution in [3.05, 3.63) is 0 Å². The molecule has 2 unspecified atom stereocenters. The van der Waals surface area contributed by atoms with Gasteiger partial charge < -0.3 is 5.32 Å². The molecule has 0 amide bonds. The smallest absolute Gasteiger partial charge is 0.108 e. The van der Waals surface area contributed by atoms with Gasteiger partial charge in [-0.1, -0.05) is 19.8 Å². The van der Waals surface area contributed by atoms with E-state index in [1.54, 1.807) is 0 Å². The second-order valence-electron chi connectivity index (χ2n) is 4.38. The molecule has 3 heteroatoms. The van der Waals surface area contributed by atoms with E-state index in [2.05, 4.69) is 23.2 Å². The summed E-state index contributed by atoms with van der Waals surface area (Å²) in [5, 5.41) is 12.0. The number of likely N-dealkylation sites (tertiary alicyclic amines) is 1. The Morgan fingerprint density at radius 3 is 2.87 bits per heavy atom. The van der Waals surface area contributed by atoms with Gasteiger partial charge in [-0.15, -0.1) is 0 Å². The highest BCUT2D eigenvalue weighted by atomic mass is 15.2. The van der Waals surface area contributed by atoms with Crippen LogP contribution < -0.4 is 5.32 Å². The third kappa shape index (κ3) is 3.81. The predicted molar refractivity (Wildman–Crippen MR) is 62.6 cm³/mol. The highest BCUT2D eigenvalue weighted by molar-refractivity contribution is 4.92. The van der Waals surface area contributed by atoms with Gasteiger partial charge in [-0.05, 0) is 32.9 Å². The van der Waals surface area contributed by atoms with Crippen LogP contribution in [0.25, 0.3) is 0 Å². The average Bonchev–Trinajstić information content (AvgIpc) is 2.50. The molecule has 1 aliphatic rings.